The number of nitrogens with two attached hydrogens (primary N) is 1. The van der Waals surface area contributed by atoms with Crippen molar-refractivity contribution in [3.63, 3.8) is 0 Å². The second-order valence-electron chi connectivity index (χ2n) is 4.91. The molecule has 1 rings (SSSR count). The molecule has 1 heterocycles. The summed E-state index contributed by atoms with van der Waals surface area (Å²) in [4.78, 5) is 13.7. The summed E-state index contributed by atoms with van der Waals surface area (Å²) in [6.07, 6.45) is 9.15. The van der Waals surface area contributed by atoms with Crippen molar-refractivity contribution in [1.29, 1.82) is 0 Å². The molecule has 1 unspecified atom stereocenters. The third-order valence-electron chi connectivity index (χ3n) is 3.32. The maximum Gasteiger partial charge on any atom is 0.222 e. The molecule has 1 atom stereocenters. The smallest absolute Gasteiger partial charge is 0.222 e. The van der Waals surface area contributed by atoms with Gasteiger partial charge in [-0.05, 0) is 12.8 Å². The summed E-state index contributed by atoms with van der Waals surface area (Å²) < 4.78 is 0. The maximum absolute atomic E-state index is 11.8. The first-order valence-electron chi connectivity index (χ1n) is 6.77. The molecule has 1 aliphatic heterocycles. The van der Waals surface area contributed by atoms with Crippen LogP contribution >= 0.6 is 0 Å². The molecule has 2 N–H and O–H groups in total. The van der Waals surface area contributed by atoms with Crippen LogP contribution in [0, 0.1) is 0 Å². The Hall–Kier alpha value is -0.570. The lowest BCUT2D eigenvalue weighted by Gasteiger charge is -2.15. The number of hydrogen-bond donors (Lipinski definition) is 1. The number of rotatable bonds is 7. The van der Waals surface area contributed by atoms with Crippen molar-refractivity contribution in [2.24, 2.45) is 5.73 Å². The molecule has 0 aromatic carbocycles. The van der Waals surface area contributed by atoms with E-state index in [2.05, 4.69) is 6.92 Å². The summed E-state index contributed by atoms with van der Waals surface area (Å²) in [7, 11) is 0. The van der Waals surface area contributed by atoms with E-state index in [1.165, 1.54) is 32.1 Å². The molecule has 0 radical (unpaired) electrons. The highest BCUT2D eigenvalue weighted by molar-refractivity contribution is 5.76. The molecule has 1 saturated heterocycles. The van der Waals surface area contributed by atoms with Crippen LogP contribution in [0.3, 0.4) is 0 Å². The lowest BCUT2D eigenvalue weighted by Crippen LogP contribution is -2.31. The van der Waals surface area contributed by atoms with E-state index in [0.29, 0.717) is 5.91 Å². The van der Waals surface area contributed by atoms with Crippen LogP contribution in [0.5, 0.6) is 0 Å². The van der Waals surface area contributed by atoms with Crippen LogP contribution in [0.1, 0.15) is 58.3 Å². The Kier molecular flexibility index (Phi) is 6.46. The van der Waals surface area contributed by atoms with Crippen molar-refractivity contribution in [1.82, 2.24) is 4.90 Å². The van der Waals surface area contributed by atoms with Gasteiger partial charge in [-0.15, -0.1) is 0 Å². The largest absolute Gasteiger partial charge is 0.341 e. The summed E-state index contributed by atoms with van der Waals surface area (Å²) in [5.74, 6) is 0.309. The van der Waals surface area contributed by atoms with Crippen LogP contribution in [0.2, 0.25) is 0 Å². The molecule has 0 bridgehead atoms. The lowest BCUT2D eigenvalue weighted by molar-refractivity contribution is -0.130. The van der Waals surface area contributed by atoms with Gasteiger partial charge in [-0.2, -0.15) is 0 Å². The number of nitrogens with zero attached hydrogens (tertiary/aromatic N) is 1. The molecule has 1 amide bonds. The summed E-state index contributed by atoms with van der Waals surface area (Å²) in [5.41, 5.74) is 5.78. The zero-order chi connectivity index (χ0) is 11.8. The number of amides is 1. The number of unbranched alkanes of at least 4 members (excludes halogenated alkanes) is 5. The standard InChI is InChI=1S/C13H26N2O/c1-2-3-4-5-6-7-8-13(16)15-10-9-12(14)11-15/h12H,2-11,14H2,1H3. The third kappa shape index (κ3) is 4.97. The van der Waals surface area contributed by atoms with E-state index in [1.54, 1.807) is 0 Å². The van der Waals surface area contributed by atoms with Crippen LogP contribution in [-0.2, 0) is 4.79 Å². The van der Waals surface area contributed by atoms with Crippen molar-refractivity contribution in [2.75, 3.05) is 13.1 Å². The molecule has 0 aromatic rings. The van der Waals surface area contributed by atoms with Gasteiger partial charge in [0.2, 0.25) is 5.91 Å². The average molecular weight is 226 g/mol. The van der Waals surface area contributed by atoms with Gasteiger partial charge in [0.1, 0.15) is 0 Å². The summed E-state index contributed by atoms with van der Waals surface area (Å²) >= 11 is 0. The van der Waals surface area contributed by atoms with Gasteiger partial charge >= 0.3 is 0 Å². The first-order valence-corrected chi connectivity index (χ1v) is 6.77. The first-order chi connectivity index (χ1) is 7.74. The quantitative estimate of drug-likeness (QED) is 0.677. The second-order valence-corrected chi connectivity index (χ2v) is 4.91. The number of hydrogen-bond acceptors (Lipinski definition) is 2. The monoisotopic (exact) mass is 226 g/mol. The molecule has 1 aliphatic rings. The summed E-state index contributed by atoms with van der Waals surface area (Å²) in [6, 6.07) is 0.216. The number of carbonyl (C=O) groups excluding carboxylic acids is 1. The van der Waals surface area contributed by atoms with Gasteiger partial charge in [0.05, 0.1) is 0 Å². The molecule has 1 fully saturated rings. The maximum atomic E-state index is 11.8. The van der Waals surface area contributed by atoms with Gasteiger partial charge in [0, 0.05) is 25.6 Å². The summed E-state index contributed by atoms with van der Waals surface area (Å²) in [5, 5.41) is 0. The molecule has 16 heavy (non-hydrogen) atoms. The zero-order valence-electron chi connectivity index (χ0n) is 10.6. The highest BCUT2D eigenvalue weighted by atomic mass is 16.2. The Labute approximate surface area is 99.4 Å². The van der Waals surface area contributed by atoms with E-state index >= 15 is 0 Å². The van der Waals surface area contributed by atoms with Gasteiger partial charge in [-0.3, -0.25) is 4.79 Å². The SMILES string of the molecule is CCCCCCCCC(=O)N1CCC(N)C1. The molecule has 0 aliphatic carbocycles. The fourth-order valence-electron chi connectivity index (χ4n) is 2.23. The van der Waals surface area contributed by atoms with Crippen molar-refractivity contribution in [3.05, 3.63) is 0 Å². The molecule has 94 valence electrons. The van der Waals surface area contributed by atoms with E-state index in [9.17, 15) is 4.79 Å². The Morgan fingerprint density at radius 3 is 2.56 bits per heavy atom. The Balaban J connectivity index is 1.98. The highest BCUT2D eigenvalue weighted by Crippen LogP contribution is 2.12. The average Bonchev–Trinajstić information content (AvgIpc) is 2.70. The fourth-order valence-corrected chi connectivity index (χ4v) is 2.23. The van der Waals surface area contributed by atoms with E-state index in [-0.39, 0.29) is 6.04 Å². The van der Waals surface area contributed by atoms with Crippen LogP contribution < -0.4 is 5.73 Å². The Morgan fingerprint density at radius 1 is 1.25 bits per heavy atom. The second kappa shape index (κ2) is 7.66. The van der Waals surface area contributed by atoms with Crippen molar-refractivity contribution >= 4 is 5.91 Å². The minimum atomic E-state index is 0.216. The van der Waals surface area contributed by atoms with Crippen LogP contribution in [0.25, 0.3) is 0 Å². The normalized spacial score (nSPS) is 20.4. The topological polar surface area (TPSA) is 46.3 Å². The summed E-state index contributed by atoms with van der Waals surface area (Å²) in [6.45, 7) is 3.87. The minimum Gasteiger partial charge on any atom is -0.341 e. The molecule has 3 nitrogen and oxygen atoms in total. The third-order valence-corrected chi connectivity index (χ3v) is 3.32. The molecule has 3 heteroatoms. The van der Waals surface area contributed by atoms with Crippen molar-refractivity contribution in [3.8, 4) is 0 Å². The van der Waals surface area contributed by atoms with Crippen molar-refractivity contribution < 1.29 is 4.79 Å². The van der Waals surface area contributed by atoms with E-state index in [1.807, 2.05) is 4.90 Å². The number of carbonyl (C=O) groups is 1. The van der Waals surface area contributed by atoms with Crippen molar-refractivity contribution in [2.45, 2.75) is 64.3 Å². The molecular weight excluding hydrogens is 200 g/mol. The van der Waals surface area contributed by atoms with Gasteiger partial charge < -0.3 is 10.6 Å². The molecule has 0 aromatic heterocycles. The molecule has 0 spiro atoms. The van der Waals surface area contributed by atoms with Crippen LogP contribution in [0.15, 0.2) is 0 Å². The number of likely N-dealkylation sites (tertiary alicyclic amines) is 1. The first kappa shape index (κ1) is 13.5. The van der Waals surface area contributed by atoms with E-state index < -0.39 is 0 Å². The fraction of sp³-hybridized carbons (Fsp3) is 0.923. The highest BCUT2D eigenvalue weighted by Gasteiger charge is 2.22. The minimum absolute atomic E-state index is 0.216. The zero-order valence-corrected chi connectivity index (χ0v) is 10.6. The Morgan fingerprint density at radius 2 is 1.94 bits per heavy atom. The molecule has 0 saturated carbocycles. The molecular formula is C13H26N2O. The van der Waals surface area contributed by atoms with E-state index in [4.69, 9.17) is 5.73 Å². The van der Waals surface area contributed by atoms with Gasteiger partial charge in [-0.1, -0.05) is 39.0 Å². The Bertz CT molecular complexity index is 206. The van der Waals surface area contributed by atoms with E-state index in [0.717, 1.165) is 32.4 Å². The lowest BCUT2D eigenvalue weighted by atomic mass is 10.1. The predicted molar refractivity (Wildman–Crippen MR) is 67.2 cm³/mol. The van der Waals surface area contributed by atoms with Crippen LogP contribution in [-0.4, -0.2) is 29.9 Å². The van der Waals surface area contributed by atoms with Gasteiger partial charge in [-0.25, -0.2) is 0 Å². The predicted octanol–water partition coefficient (Wildman–Crippen LogP) is 2.30. The van der Waals surface area contributed by atoms with Crippen LogP contribution in [0.4, 0.5) is 0 Å². The van der Waals surface area contributed by atoms with Gasteiger partial charge in [0.25, 0.3) is 0 Å². The van der Waals surface area contributed by atoms with Gasteiger partial charge in [0.15, 0.2) is 0 Å².